The number of nitrogens with one attached hydrogen (secondary N) is 1. The highest BCUT2D eigenvalue weighted by Gasteiger charge is 2.25. The van der Waals surface area contributed by atoms with Gasteiger partial charge in [-0.3, -0.25) is 14.2 Å². The molecule has 1 atom stereocenters. The van der Waals surface area contributed by atoms with E-state index in [-0.39, 0.29) is 12.5 Å². The lowest BCUT2D eigenvalue weighted by Gasteiger charge is -2.21. The Morgan fingerprint density at radius 1 is 1.06 bits per heavy atom. The molecule has 0 saturated heterocycles. The SMILES string of the molecule is CC[C@@H](C(=O)NCc1ccco1)n1c(=O)n(-c2ccc(OC)cc2)c(=O)c2ccccc21. The average Bonchev–Trinajstić information content (AvgIpc) is 3.34. The van der Waals surface area contributed by atoms with Crippen molar-refractivity contribution in [2.75, 3.05) is 7.11 Å². The smallest absolute Gasteiger partial charge is 0.336 e. The van der Waals surface area contributed by atoms with E-state index in [1.807, 2.05) is 6.92 Å². The van der Waals surface area contributed by atoms with Gasteiger partial charge >= 0.3 is 5.69 Å². The van der Waals surface area contributed by atoms with Crippen molar-refractivity contribution in [2.24, 2.45) is 0 Å². The van der Waals surface area contributed by atoms with Gasteiger partial charge in [0.1, 0.15) is 17.6 Å². The van der Waals surface area contributed by atoms with Gasteiger partial charge in [-0.05, 0) is 55.0 Å². The predicted molar refractivity (Wildman–Crippen MR) is 120 cm³/mol. The van der Waals surface area contributed by atoms with E-state index in [0.717, 1.165) is 4.57 Å². The van der Waals surface area contributed by atoms with Gasteiger partial charge in [-0.1, -0.05) is 19.1 Å². The first kappa shape index (κ1) is 21.2. The third-order valence-electron chi connectivity index (χ3n) is 5.34. The molecule has 0 aliphatic heterocycles. The van der Waals surface area contributed by atoms with Crippen molar-refractivity contribution < 1.29 is 13.9 Å². The second-order valence-electron chi connectivity index (χ2n) is 7.23. The molecule has 0 aliphatic carbocycles. The van der Waals surface area contributed by atoms with Crippen LogP contribution >= 0.6 is 0 Å². The van der Waals surface area contributed by atoms with Crippen LogP contribution in [-0.4, -0.2) is 22.2 Å². The zero-order valence-electron chi connectivity index (χ0n) is 17.8. The summed E-state index contributed by atoms with van der Waals surface area (Å²) in [7, 11) is 1.54. The number of nitrogens with zero attached hydrogens (tertiary/aromatic N) is 2. The van der Waals surface area contributed by atoms with Gasteiger partial charge in [-0.25, -0.2) is 9.36 Å². The van der Waals surface area contributed by atoms with E-state index < -0.39 is 17.3 Å². The van der Waals surface area contributed by atoms with Crippen LogP contribution in [0.15, 0.2) is 80.9 Å². The Morgan fingerprint density at radius 2 is 1.81 bits per heavy atom. The van der Waals surface area contributed by atoms with Crippen LogP contribution in [0.25, 0.3) is 16.6 Å². The van der Waals surface area contributed by atoms with E-state index in [0.29, 0.717) is 34.5 Å². The Hall–Kier alpha value is -4.07. The number of fused-ring (bicyclic) bond motifs is 1. The molecule has 1 N–H and O–H groups in total. The number of hydrogen-bond donors (Lipinski definition) is 1. The largest absolute Gasteiger partial charge is 0.497 e. The van der Waals surface area contributed by atoms with Crippen molar-refractivity contribution >= 4 is 16.8 Å². The molecule has 32 heavy (non-hydrogen) atoms. The highest BCUT2D eigenvalue weighted by molar-refractivity contribution is 5.84. The van der Waals surface area contributed by atoms with Crippen LogP contribution in [0.4, 0.5) is 0 Å². The number of carbonyl (C=O) groups is 1. The van der Waals surface area contributed by atoms with E-state index in [4.69, 9.17) is 9.15 Å². The summed E-state index contributed by atoms with van der Waals surface area (Å²) in [5, 5.41) is 3.17. The van der Waals surface area contributed by atoms with Crippen LogP contribution in [0.1, 0.15) is 25.1 Å². The number of ether oxygens (including phenoxy) is 1. The van der Waals surface area contributed by atoms with Crippen molar-refractivity contribution in [3.8, 4) is 11.4 Å². The molecule has 0 aliphatic rings. The van der Waals surface area contributed by atoms with Gasteiger partial charge in [0, 0.05) is 0 Å². The molecule has 0 fully saturated rings. The first-order valence-corrected chi connectivity index (χ1v) is 10.3. The van der Waals surface area contributed by atoms with Crippen molar-refractivity contribution in [3.63, 3.8) is 0 Å². The Labute approximate surface area is 183 Å². The third kappa shape index (κ3) is 3.82. The lowest BCUT2D eigenvalue weighted by Crippen LogP contribution is -2.44. The Morgan fingerprint density at radius 3 is 2.47 bits per heavy atom. The van der Waals surface area contributed by atoms with Crippen LogP contribution < -0.4 is 21.3 Å². The number of para-hydroxylation sites is 1. The summed E-state index contributed by atoms with van der Waals surface area (Å²) < 4.78 is 12.9. The molecule has 1 amide bonds. The Balaban J connectivity index is 1.86. The fourth-order valence-corrected chi connectivity index (χ4v) is 3.73. The van der Waals surface area contributed by atoms with Crippen LogP contribution in [0.5, 0.6) is 5.75 Å². The van der Waals surface area contributed by atoms with Crippen molar-refractivity contribution in [3.05, 3.63) is 93.5 Å². The summed E-state index contributed by atoms with van der Waals surface area (Å²) in [6, 6.07) is 16.1. The molecular formula is C24H23N3O5. The minimum atomic E-state index is -0.813. The summed E-state index contributed by atoms with van der Waals surface area (Å²) >= 11 is 0. The van der Waals surface area contributed by atoms with E-state index >= 15 is 0 Å². The number of methoxy groups -OCH3 is 1. The molecule has 0 unspecified atom stereocenters. The summed E-state index contributed by atoms with van der Waals surface area (Å²) in [6.07, 6.45) is 1.89. The van der Waals surface area contributed by atoms with E-state index in [1.165, 1.54) is 17.9 Å². The summed E-state index contributed by atoms with van der Waals surface area (Å²) in [5.74, 6) is 0.872. The van der Waals surface area contributed by atoms with Crippen LogP contribution in [-0.2, 0) is 11.3 Å². The highest BCUT2D eigenvalue weighted by atomic mass is 16.5. The summed E-state index contributed by atoms with van der Waals surface area (Å²) in [4.78, 5) is 39.9. The molecule has 164 valence electrons. The lowest BCUT2D eigenvalue weighted by molar-refractivity contribution is -0.124. The van der Waals surface area contributed by atoms with Gasteiger partial charge in [0.2, 0.25) is 5.91 Å². The van der Waals surface area contributed by atoms with Gasteiger partial charge in [0.05, 0.1) is 36.5 Å². The topological polar surface area (TPSA) is 95.5 Å². The average molecular weight is 433 g/mol. The van der Waals surface area contributed by atoms with Crippen LogP contribution in [0.3, 0.4) is 0 Å². The Kier molecular flexibility index (Phi) is 5.93. The number of carbonyl (C=O) groups excluding carboxylic acids is 1. The monoisotopic (exact) mass is 433 g/mol. The first-order chi connectivity index (χ1) is 15.5. The zero-order chi connectivity index (χ0) is 22.7. The fraction of sp³-hybridized carbons (Fsp3) is 0.208. The maximum absolute atomic E-state index is 13.6. The first-order valence-electron chi connectivity index (χ1n) is 10.3. The molecule has 2 heterocycles. The molecule has 8 heteroatoms. The molecule has 0 spiro atoms. The highest BCUT2D eigenvalue weighted by Crippen LogP contribution is 2.19. The number of benzene rings is 2. The summed E-state index contributed by atoms with van der Waals surface area (Å²) in [5.41, 5.74) is -0.227. The molecule has 0 bridgehead atoms. The van der Waals surface area contributed by atoms with Crippen molar-refractivity contribution in [1.82, 2.24) is 14.5 Å². The summed E-state index contributed by atoms with van der Waals surface area (Å²) in [6.45, 7) is 2.02. The minimum Gasteiger partial charge on any atom is -0.497 e. The number of aromatic nitrogens is 2. The van der Waals surface area contributed by atoms with Gasteiger partial charge in [0.25, 0.3) is 5.56 Å². The van der Waals surface area contributed by atoms with Gasteiger partial charge in [0.15, 0.2) is 0 Å². The van der Waals surface area contributed by atoms with Crippen LogP contribution in [0, 0.1) is 0 Å². The van der Waals surface area contributed by atoms with E-state index in [1.54, 1.807) is 60.7 Å². The van der Waals surface area contributed by atoms with Gasteiger partial charge < -0.3 is 14.5 Å². The molecule has 0 radical (unpaired) electrons. The fourth-order valence-electron chi connectivity index (χ4n) is 3.73. The lowest BCUT2D eigenvalue weighted by atomic mass is 10.1. The third-order valence-corrected chi connectivity index (χ3v) is 5.34. The number of hydrogen-bond acceptors (Lipinski definition) is 5. The minimum absolute atomic E-state index is 0.202. The Bertz CT molecular complexity index is 1350. The van der Waals surface area contributed by atoms with E-state index in [2.05, 4.69) is 5.32 Å². The van der Waals surface area contributed by atoms with E-state index in [9.17, 15) is 14.4 Å². The molecule has 4 rings (SSSR count). The normalized spacial score (nSPS) is 11.9. The molecular weight excluding hydrogens is 410 g/mol. The quantitative estimate of drug-likeness (QED) is 0.483. The zero-order valence-corrected chi connectivity index (χ0v) is 17.8. The molecule has 2 aromatic carbocycles. The number of furan rings is 1. The number of amides is 1. The second-order valence-corrected chi connectivity index (χ2v) is 7.23. The van der Waals surface area contributed by atoms with Crippen LogP contribution in [0.2, 0.25) is 0 Å². The molecule has 8 nitrogen and oxygen atoms in total. The maximum atomic E-state index is 13.6. The second kappa shape index (κ2) is 8.97. The van der Waals surface area contributed by atoms with Gasteiger partial charge in [-0.15, -0.1) is 0 Å². The predicted octanol–water partition coefficient (Wildman–Crippen LogP) is 3.02. The van der Waals surface area contributed by atoms with Crippen molar-refractivity contribution in [2.45, 2.75) is 25.9 Å². The molecule has 4 aromatic rings. The number of rotatable bonds is 7. The maximum Gasteiger partial charge on any atom is 0.336 e. The molecule has 2 aromatic heterocycles. The standard InChI is InChI=1S/C24H23N3O5/c1-3-20(22(28)25-15-18-7-6-14-32-18)27-21-9-5-4-8-19(21)23(29)26(24(27)30)16-10-12-17(31-2)13-11-16/h4-14,20H,3,15H2,1-2H3,(H,25,28)/t20-/m0/s1. The molecule has 0 saturated carbocycles. The van der Waals surface area contributed by atoms with Gasteiger partial charge in [-0.2, -0.15) is 0 Å². The van der Waals surface area contributed by atoms with Crippen molar-refractivity contribution in [1.29, 1.82) is 0 Å².